The minimum Gasteiger partial charge on any atom is -0.361 e. The molecule has 2 rings (SSSR count). The number of fused-ring (bicyclic) bond motifs is 1. The monoisotopic (exact) mass is 361 g/mol. The molecule has 0 radical (unpaired) electrons. The van der Waals surface area contributed by atoms with Crippen molar-refractivity contribution < 1.29 is 4.74 Å². The quantitative estimate of drug-likeness (QED) is 0.592. The Kier molecular flexibility index (Phi) is 4.65. The van der Waals surface area contributed by atoms with Gasteiger partial charge in [-0.1, -0.05) is 31.2 Å². The Morgan fingerprint density at radius 1 is 1.42 bits per heavy atom. The molecule has 0 atom stereocenters. The summed E-state index contributed by atoms with van der Waals surface area (Å²) in [4.78, 5) is 8.55. The van der Waals surface area contributed by atoms with E-state index in [0.29, 0.717) is 11.9 Å². The molecule has 0 spiro atoms. The van der Waals surface area contributed by atoms with Crippen LogP contribution in [0.25, 0.3) is 11.2 Å². The first-order valence-electron chi connectivity index (χ1n) is 6.11. The highest BCUT2D eigenvalue weighted by Crippen LogP contribution is 2.24. The van der Waals surface area contributed by atoms with Crippen molar-refractivity contribution in [2.45, 2.75) is 32.4 Å². The molecule has 0 aliphatic heterocycles. The largest absolute Gasteiger partial charge is 0.361 e. The fraction of sp³-hybridized carbons (Fsp3) is 0.500. The number of rotatable bonds is 5. The summed E-state index contributed by atoms with van der Waals surface area (Å²) in [5, 5.41) is 0.394. The standard InChI is InChI=1S/C12H17BrClN3OSi/c1-19(2,3)5-4-18-8-17-7-9(13)11-12(17)15-6-10(14)16-11/h6-7H,4-5,8H2,1-3H3. The summed E-state index contributed by atoms with van der Waals surface area (Å²) >= 11 is 9.31. The molecule has 0 unspecified atom stereocenters. The fourth-order valence-electron chi connectivity index (χ4n) is 1.63. The number of halogens is 2. The summed E-state index contributed by atoms with van der Waals surface area (Å²) < 4.78 is 8.54. The van der Waals surface area contributed by atoms with Crippen molar-refractivity contribution in [1.82, 2.24) is 14.5 Å². The molecule has 0 saturated carbocycles. The zero-order valence-corrected chi connectivity index (χ0v) is 14.6. The Morgan fingerprint density at radius 2 is 2.16 bits per heavy atom. The number of nitrogens with zero attached hydrogens (tertiary/aromatic N) is 3. The van der Waals surface area contributed by atoms with Gasteiger partial charge in [-0.15, -0.1) is 0 Å². The van der Waals surface area contributed by atoms with Crippen molar-refractivity contribution in [2.75, 3.05) is 6.61 Å². The van der Waals surface area contributed by atoms with Gasteiger partial charge in [0, 0.05) is 20.9 Å². The van der Waals surface area contributed by atoms with Crippen LogP contribution in [0.1, 0.15) is 0 Å². The first kappa shape index (κ1) is 15.0. The second-order valence-corrected chi connectivity index (χ2v) is 12.5. The molecule has 4 nitrogen and oxygen atoms in total. The van der Waals surface area contributed by atoms with Crippen LogP contribution in [-0.2, 0) is 11.5 Å². The van der Waals surface area contributed by atoms with Crippen LogP contribution in [0.15, 0.2) is 16.9 Å². The predicted molar refractivity (Wildman–Crippen MR) is 84.3 cm³/mol. The summed E-state index contributed by atoms with van der Waals surface area (Å²) in [5.74, 6) is 0. The number of aromatic nitrogens is 3. The number of ether oxygens (including phenoxy) is 1. The lowest BCUT2D eigenvalue weighted by Gasteiger charge is -2.15. The Bertz CT molecular complexity index is 582. The molecule has 0 aliphatic rings. The summed E-state index contributed by atoms with van der Waals surface area (Å²) in [6.07, 6.45) is 3.48. The van der Waals surface area contributed by atoms with E-state index in [9.17, 15) is 0 Å². The molecule has 0 aliphatic carbocycles. The summed E-state index contributed by atoms with van der Waals surface area (Å²) in [7, 11) is -1.04. The molecule has 104 valence electrons. The minimum absolute atomic E-state index is 0.394. The van der Waals surface area contributed by atoms with E-state index in [4.69, 9.17) is 16.3 Å². The average molecular weight is 363 g/mol. The van der Waals surface area contributed by atoms with Crippen LogP contribution in [0.2, 0.25) is 30.8 Å². The van der Waals surface area contributed by atoms with Gasteiger partial charge in [-0.25, -0.2) is 9.97 Å². The first-order chi connectivity index (χ1) is 8.87. The predicted octanol–water partition coefficient (Wildman–Crippen LogP) is 4.16. The van der Waals surface area contributed by atoms with Crippen LogP contribution >= 0.6 is 27.5 Å². The second-order valence-electron chi connectivity index (χ2n) is 5.66. The van der Waals surface area contributed by atoms with E-state index in [-0.39, 0.29) is 0 Å². The van der Waals surface area contributed by atoms with Crippen LogP contribution in [0.4, 0.5) is 0 Å². The van der Waals surface area contributed by atoms with Crippen LogP contribution in [0, 0.1) is 0 Å². The maximum atomic E-state index is 5.85. The van der Waals surface area contributed by atoms with E-state index >= 15 is 0 Å². The molecular weight excluding hydrogens is 346 g/mol. The molecule has 0 aromatic carbocycles. The minimum atomic E-state index is -1.04. The van der Waals surface area contributed by atoms with Gasteiger partial charge < -0.3 is 9.30 Å². The Hall–Kier alpha value is -0.433. The van der Waals surface area contributed by atoms with Gasteiger partial charge >= 0.3 is 0 Å². The van der Waals surface area contributed by atoms with E-state index in [1.165, 1.54) is 0 Å². The van der Waals surface area contributed by atoms with Crippen molar-refractivity contribution in [3.05, 3.63) is 22.0 Å². The van der Waals surface area contributed by atoms with E-state index < -0.39 is 8.07 Å². The molecule has 7 heteroatoms. The molecule has 0 fully saturated rings. The van der Waals surface area contributed by atoms with Gasteiger partial charge in [0.1, 0.15) is 17.4 Å². The van der Waals surface area contributed by atoms with Crippen LogP contribution in [0.3, 0.4) is 0 Å². The molecule has 2 aromatic rings. The summed E-state index contributed by atoms with van der Waals surface area (Å²) in [6.45, 7) is 8.29. The zero-order chi connectivity index (χ0) is 14.0. The van der Waals surface area contributed by atoms with Gasteiger partial charge in [0.05, 0.1) is 10.7 Å². The third-order valence-electron chi connectivity index (χ3n) is 2.72. The van der Waals surface area contributed by atoms with Crippen LogP contribution < -0.4 is 0 Å². The van der Waals surface area contributed by atoms with Crippen LogP contribution in [0.5, 0.6) is 0 Å². The summed E-state index contributed by atoms with van der Waals surface area (Å²) in [5.41, 5.74) is 1.55. The van der Waals surface area contributed by atoms with Gasteiger partial charge in [0.2, 0.25) is 0 Å². The van der Waals surface area contributed by atoms with Crippen LogP contribution in [-0.4, -0.2) is 29.2 Å². The van der Waals surface area contributed by atoms with Crippen molar-refractivity contribution in [3.63, 3.8) is 0 Å². The third kappa shape index (κ3) is 4.01. The van der Waals surface area contributed by atoms with Crippen molar-refractivity contribution in [1.29, 1.82) is 0 Å². The van der Waals surface area contributed by atoms with Gasteiger partial charge in [0.15, 0.2) is 5.65 Å². The summed E-state index contributed by atoms with van der Waals surface area (Å²) in [6, 6.07) is 1.16. The Balaban J connectivity index is 2.05. The lowest BCUT2D eigenvalue weighted by atomic mass is 10.5. The Labute approximate surface area is 127 Å². The van der Waals surface area contributed by atoms with Crippen molar-refractivity contribution in [3.8, 4) is 0 Å². The van der Waals surface area contributed by atoms with E-state index in [2.05, 4.69) is 45.5 Å². The maximum Gasteiger partial charge on any atom is 0.161 e. The van der Waals surface area contributed by atoms with Gasteiger partial charge in [0.25, 0.3) is 0 Å². The van der Waals surface area contributed by atoms with Crippen molar-refractivity contribution in [2.24, 2.45) is 0 Å². The molecular formula is C12H17BrClN3OSi. The van der Waals surface area contributed by atoms with E-state index in [1.807, 2.05) is 10.8 Å². The molecule has 0 bridgehead atoms. The van der Waals surface area contributed by atoms with Gasteiger partial charge in [-0.2, -0.15) is 0 Å². The highest BCUT2D eigenvalue weighted by atomic mass is 79.9. The Morgan fingerprint density at radius 3 is 2.84 bits per heavy atom. The average Bonchev–Trinajstić information content (AvgIpc) is 2.60. The smallest absolute Gasteiger partial charge is 0.161 e. The highest BCUT2D eigenvalue weighted by Gasteiger charge is 2.13. The molecule has 2 heterocycles. The molecule has 0 saturated heterocycles. The molecule has 2 aromatic heterocycles. The number of hydrogen-bond acceptors (Lipinski definition) is 3. The van der Waals surface area contributed by atoms with Gasteiger partial charge in [-0.3, -0.25) is 0 Å². The topological polar surface area (TPSA) is 39.9 Å². The zero-order valence-electron chi connectivity index (χ0n) is 11.3. The molecule has 19 heavy (non-hydrogen) atoms. The lowest BCUT2D eigenvalue weighted by molar-refractivity contribution is 0.0898. The third-order valence-corrected chi connectivity index (χ3v) is 5.18. The maximum absolute atomic E-state index is 5.85. The molecule has 0 N–H and O–H groups in total. The van der Waals surface area contributed by atoms with E-state index in [0.717, 1.165) is 28.3 Å². The SMILES string of the molecule is C[Si](C)(C)CCOCn1cc(Br)c2nc(Cl)cnc21. The molecule has 0 amide bonds. The second kappa shape index (κ2) is 5.91. The highest BCUT2D eigenvalue weighted by molar-refractivity contribution is 9.10. The first-order valence-corrected chi connectivity index (χ1v) is 11.0. The van der Waals surface area contributed by atoms with Gasteiger partial charge in [-0.05, 0) is 22.0 Å². The lowest BCUT2D eigenvalue weighted by Crippen LogP contribution is -2.22. The fourth-order valence-corrected chi connectivity index (χ4v) is 3.03. The van der Waals surface area contributed by atoms with E-state index in [1.54, 1.807) is 6.20 Å². The van der Waals surface area contributed by atoms with Crippen molar-refractivity contribution >= 4 is 46.8 Å². The number of hydrogen-bond donors (Lipinski definition) is 0. The normalized spacial score (nSPS) is 12.3.